The summed E-state index contributed by atoms with van der Waals surface area (Å²) in [5.74, 6) is 0.198. The zero-order chi connectivity index (χ0) is 8.97. The molecule has 0 aromatic heterocycles. The average molecular weight is 163 g/mol. The number of aryl methyl sites for hydroxylation is 1. The molecule has 0 aliphatic heterocycles. The third-order valence-corrected chi connectivity index (χ3v) is 2.15. The van der Waals surface area contributed by atoms with Gasteiger partial charge < -0.3 is 0 Å². The summed E-state index contributed by atoms with van der Waals surface area (Å²) in [6, 6.07) is 5.48. The van der Waals surface area contributed by atoms with Crippen molar-refractivity contribution in [2.45, 2.75) is 33.1 Å². The Bertz CT molecular complexity index is 233. The quantitative estimate of drug-likeness (QED) is 0.650. The van der Waals surface area contributed by atoms with Crippen LogP contribution in [0, 0.1) is 6.92 Å². The van der Waals surface area contributed by atoms with Crippen LogP contribution in [0.2, 0.25) is 0 Å². The van der Waals surface area contributed by atoms with Gasteiger partial charge in [-0.1, -0.05) is 25.5 Å². The third-order valence-electron chi connectivity index (χ3n) is 2.15. The first-order chi connectivity index (χ1) is 5.75. The van der Waals surface area contributed by atoms with E-state index in [1.165, 1.54) is 0 Å². The first-order valence-corrected chi connectivity index (χ1v) is 4.51. The second kappa shape index (κ2) is 4.15. The standard InChI is InChI=1S/C11H15O/c1-3-4-7-10-9(2)6-5-8-11(10)12/h5-6,8H,3-4,7H2,1-2H3. The molecule has 1 aromatic rings. The van der Waals surface area contributed by atoms with Gasteiger partial charge in [-0.2, -0.15) is 0 Å². The van der Waals surface area contributed by atoms with Gasteiger partial charge >= 0.3 is 0 Å². The van der Waals surface area contributed by atoms with E-state index in [1.54, 1.807) is 6.07 Å². The fourth-order valence-corrected chi connectivity index (χ4v) is 1.35. The van der Waals surface area contributed by atoms with Crippen molar-refractivity contribution in [3.05, 3.63) is 29.3 Å². The minimum absolute atomic E-state index is 0.198. The van der Waals surface area contributed by atoms with Crippen LogP contribution in [-0.2, 0) is 11.5 Å². The van der Waals surface area contributed by atoms with Crippen molar-refractivity contribution in [1.82, 2.24) is 0 Å². The van der Waals surface area contributed by atoms with Crippen molar-refractivity contribution in [2.24, 2.45) is 0 Å². The van der Waals surface area contributed by atoms with E-state index in [9.17, 15) is 5.11 Å². The molecular formula is C11H15O. The molecule has 0 saturated heterocycles. The van der Waals surface area contributed by atoms with E-state index in [4.69, 9.17) is 0 Å². The topological polar surface area (TPSA) is 19.9 Å². The fraction of sp³-hybridized carbons (Fsp3) is 0.455. The molecule has 65 valence electrons. The number of benzene rings is 1. The van der Waals surface area contributed by atoms with Gasteiger partial charge in [-0.25, -0.2) is 0 Å². The molecule has 0 unspecified atom stereocenters. The molecular weight excluding hydrogens is 148 g/mol. The predicted molar refractivity (Wildman–Crippen MR) is 49.9 cm³/mol. The van der Waals surface area contributed by atoms with Gasteiger partial charge in [0.25, 0.3) is 0 Å². The molecule has 0 fully saturated rings. The van der Waals surface area contributed by atoms with E-state index in [0.717, 1.165) is 30.4 Å². The average Bonchev–Trinajstić information content (AvgIpc) is 2.04. The van der Waals surface area contributed by atoms with Crippen molar-refractivity contribution in [3.63, 3.8) is 0 Å². The van der Waals surface area contributed by atoms with Crippen LogP contribution < -0.4 is 0 Å². The molecule has 1 aromatic carbocycles. The van der Waals surface area contributed by atoms with E-state index in [0.29, 0.717) is 0 Å². The van der Waals surface area contributed by atoms with E-state index < -0.39 is 0 Å². The summed E-state index contributed by atoms with van der Waals surface area (Å²) in [5.41, 5.74) is 2.13. The van der Waals surface area contributed by atoms with Crippen molar-refractivity contribution in [3.8, 4) is 5.75 Å². The molecule has 0 aliphatic rings. The summed E-state index contributed by atoms with van der Waals surface area (Å²) in [6.07, 6.45) is 3.19. The van der Waals surface area contributed by atoms with Gasteiger partial charge in [0.15, 0.2) is 5.75 Å². The Hall–Kier alpha value is -0.980. The van der Waals surface area contributed by atoms with Crippen LogP contribution in [0.15, 0.2) is 18.2 Å². The Kier molecular flexibility index (Phi) is 3.15. The summed E-state index contributed by atoms with van der Waals surface area (Å²) < 4.78 is 0. The molecule has 0 atom stereocenters. The maximum Gasteiger partial charge on any atom is 0.182 e. The highest BCUT2D eigenvalue weighted by molar-refractivity contribution is 5.38. The van der Waals surface area contributed by atoms with E-state index in [-0.39, 0.29) is 5.75 Å². The second-order valence-electron chi connectivity index (χ2n) is 3.16. The van der Waals surface area contributed by atoms with Crippen LogP contribution in [-0.4, -0.2) is 0 Å². The maximum absolute atomic E-state index is 11.3. The summed E-state index contributed by atoms with van der Waals surface area (Å²) >= 11 is 0. The summed E-state index contributed by atoms with van der Waals surface area (Å²) in [7, 11) is 0. The molecule has 0 aliphatic carbocycles. The van der Waals surface area contributed by atoms with E-state index >= 15 is 0 Å². The highest BCUT2D eigenvalue weighted by atomic mass is 16.3. The minimum atomic E-state index is 0.198. The van der Waals surface area contributed by atoms with Crippen LogP contribution in [0.3, 0.4) is 0 Å². The van der Waals surface area contributed by atoms with Crippen LogP contribution in [0.25, 0.3) is 0 Å². The Morgan fingerprint density at radius 2 is 2.08 bits per heavy atom. The maximum atomic E-state index is 11.3. The Balaban J connectivity index is 2.81. The lowest BCUT2D eigenvalue weighted by atomic mass is 10.0. The largest absolute Gasteiger partial charge is 0.290 e. The Morgan fingerprint density at radius 1 is 1.33 bits per heavy atom. The smallest absolute Gasteiger partial charge is 0.182 e. The molecule has 0 heterocycles. The van der Waals surface area contributed by atoms with Gasteiger partial charge in [-0.15, -0.1) is 0 Å². The van der Waals surface area contributed by atoms with Gasteiger partial charge in [0, 0.05) is 5.56 Å². The molecule has 0 saturated carbocycles. The van der Waals surface area contributed by atoms with Crippen molar-refractivity contribution < 1.29 is 5.11 Å². The minimum Gasteiger partial charge on any atom is -0.290 e. The molecule has 1 radical (unpaired) electrons. The number of unbranched alkanes of at least 4 members (excludes halogenated alkanes) is 1. The van der Waals surface area contributed by atoms with Crippen molar-refractivity contribution in [2.75, 3.05) is 0 Å². The lowest BCUT2D eigenvalue weighted by Crippen LogP contribution is -1.89. The molecule has 12 heavy (non-hydrogen) atoms. The van der Waals surface area contributed by atoms with Crippen LogP contribution >= 0.6 is 0 Å². The van der Waals surface area contributed by atoms with E-state index in [2.05, 4.69) is 6.92 Å². The molecule has 0 amide bonds. The summed E-state index contributed by atoms with van der Waals surface area (Å²) in [5, 5.41) is 11.3. The van der Waals surface area contributed by atoms with Crippen molar-refractivity contribution >= 4 is 0 Å². The van der Waals surface area contributed by atoms with Crippen LogP contribution in [0.5, 0.6) is 5.75 Å². The number of rotatable bonds is 3. The van der Waals surface area contributed by atoms with Gasteiger partial charge in [0.2, 0.25) is 0 Å². The zero-order valence-electron chi connectivity index (χ0n) is 7.76. The zero-order valence-corrected chi connectivity index (χ0v) is 7.76. The lowest BCUT2D eigenvalue weighted by molar-refractivity contribution is 0.349. The first-order valence-electron chi connectivity index (χ1n) is 4.51. The van der Waals surface area contributed by atoms with Gasteiger partial charge in [0.05, 0.1) is 0 Å². The molecule has 1 nitrogen and oxygen atoms in total. The Labute approximate surface area is 74.1 Å². The third kappa shape index (κ3) is 2.00. The molecule has 1 rings (SSSR count). The van der Waals surface area contributed by atoms with Crippen LogP contribution in [0.1, 0.15) is 30.9 Å². The number of hydrogen-bond donors (Lipinski definition) is 0. The fourth-order valence-electron chi connectivity index (χ4n) is 1.35. The summed E-state index contributed by atoms with van der Waals surface area (Å²) in [4.78, 5) is 0. The van der Waals surface area contributed by atoms with Crippen LogP contribution in [0.4, 0.5) is 0 Å². The SMILES string of the molecule is CCCCc1c(C)cccc1[O]. The molecule has 0 bridgehead atoms. The van der Waals surface area contributed by atoms with Crippen molar-refractivity contribution in [1.29, 1.82) is 0 Å². The molecule has 0 N–H and O–H groups in total. The number of hydrogen-bond acceptors (Lipinski definition) is 0. The highest BCUT2D eigenvalue weighted by Crippen LogP contribution is 2.22. The van der Waals surface area contributed by atoms with Gasteiger partial charge in [0.1, 0.15) is 0 Å². The predicted octanol–water partition coefficient (Wildman–Crippen LogP) is 3.48. The Morgan fingerprint density at radius 3 is 2.67 bits per heavy atom. The first kappa shape index (κ1) is 9.11. The molecule has 1 heteroatoms. The summed E-state index contributed by atoms with van der Waals surface area (Å²) in [6.45, 7) is 4.15. The normalized spacial score (nSPS) is 10.2. The molecule has 0 spiro atoms. The lowest BCUT2D eigenvalue weighted by Gasteiger charge is -2.04. The van der Waals surface area contributed by atoms with E-state index in [1.807, 2.05) is 19.1 Å². The highest BCUT2D eigenvalue weighted by Gasteiger charge is 2.04. The van der Waals surface area contributed by atoms with Gasteiger partial charge in [-0.3, -0.25) is 5.11 Å². The van der Waals surface area contributed by atoms with Gasteiger partial charge in [-0.05, 0) is 31.4 Å². The monoisotopic (exact) mass is 163 g/mol. The second-order valence-corrected chi connectivity index (χ2v) is 3.16.